The van der Waals surface area contributed by atoms with Gasteiger partial charge in [-0.1, -0.05) is 18.2 Å². The lowest BCUT2D eigenvalue weighted by Gasteiger charge is -2.24. The fourth-order valence-electron chi connectivity index (χ4n) is 1.79. The first-order chi connectivity index (χ1) is 9.01. The molecule has 0 radical (unpaired) electrons. The van der Waals surface area contributed by atoms with Crippen LogP contribution in [-0.4, -0.2) is 21.1 Å². The van der Waals surface area contributed by atoms with Crippen LogP contribution in [0.15, 0.2) is 30.6 Å². The second kappa shape index (κ2) is 5.17. The Bertz CT molecular complexity index is 566. The number of aromatic amines is 1. The van der Waals surface area contributed by atoms with Crippen LogP contribution in [0.1, 0.15) is 25.2 Å². The summed E-state index contributed by atoms with van der Waals surface area (Å²) in [5, 5.41) is 9.04. The Hall–Kier alpha value is -2.24. The first kappa shape index (κ1) is 13.2. The first-order valence-corrected chi connectivity index (χ1v) is 5.89. The molecule has 1 heterocycles. The molecule has 2 rings (SSSR count). The molecule has 6 heteroatoms. The van der Waals surface area contributed by atoms with Crippen molar-refractivity contribution in [2.75, 3.05) is 0 Å². The number of carbonyl (C=O) groups is 1. The summed E-state index contributed by atoms with van der Waals surface area (Å²) < 4.78 is 13.8. The summed E-state index contributed by atoms with van der Waals surface area (Å²) in [4.78, 5) is 16.1. The normalized spacial score (nSPS) is 11.3. The minimum Gasteiger partial charge on any atom is -0.348 e. The van der Waals surface area contributed by atoms with Crippen molar-refractivity contribution < 1.29 is 9.18 Å². The van der Waals surface area contributed by atoms with E-state index >= 15 is 0 Å². The topological polar surface area (TPSA) is 70.7 Å². The summed E-state index contributed by atoms with van der Waals surface area (Å²) in [6.07, 6.45) is 1.36. The van der Waals surface area contributed by atoms with E-state index in [2.05, 4.69) is 20.5 Å². The van der Waals surface area contributed by atoms with E-state index < -0.39 is 5.41 Å². The zero-order valence-corrected chi connectivity index (χ0v) is 10.8. The summed E-state index contributed by atoms with van der Waals surface area (Å²) in [5.74, 6) is -0.103. The molecule has 1 aromatic heterocycles. The third kappa shape index (κ3) is 2.78. The van der Waals surface area contributed by atoms with E-state index in [-0.39, 0.29) is 18.3 Å². The molecule has 0 saturated carbocycles. The van der Waals surface area contributed by atoms with Crippen LogP contribution in [0.3, 0.4) is 0 Å². The molecule has 1 aromatic carbocycles. The largest absolute Gasteiger partial charge is 0.348 e. The van der Waals surface area contributed by atoms with Gasteiger partial charge in [-0.25, -0.2) is 9.37 Å². The molecule has 19 heavy (non-hydrogen) atoms. The van der Waals surface area contributed by atoms with Crippen molar-refractivity contribution in [3.63, 3.8) is 0 Å². The predicted molar refractivity (Wildman–Crippen MR) is 67.7 cm³/mol. The van der Waals surface area contributed by atoms with Gasteiger partial charge in [0, 0.05) is 5.56 Å². The van der Waals surface area contributed by atoms with Gasteiger partial charge in [-0.15, -0.1) is 0 Å². The second-order valence-corrected chi connectivity index (χ2v) is 4.72. The summed E-state index contributed by atoms with van der Waals surface area (Å²) in [6.45, 7) is 3.60. The van der Waals surface area contributed by atoms with Crippen molar-refractivity contribution in [2.24, 2.45) is 0 Å². The Balaban J connectivity index is 2.11. The third-order valence-electron chi connectivity index (χ3n) is 3.00. The zero-order valence-electron chi connectivity index (χ0n) is 10.8. The summed E-state index contributed by atoms with van der Waals surface area (Å²) >= 11 is 0. The number of amides is 1. The summed E-state index contributed by atoms with van der Waals surface area (Å²) in [6, 6.07) is 6.27. The van der Waals surface area contributed by atoms with Crippen LogP contribution in [0.5, 0.6) is 0 Å². The molecule has 2 N–H and O–H groups in total. The molecular weight excluding hydrogens is 247 g/mol. The van der Waals surface area contributed by atoms with Crippen LogP contribution < -0.4 is 5.32 Å². The molecule has 2 aromatic rings. The second-order valence-electron chi connectivity index (χ2n) is 4.72. The van der Waals surface area contributed by atoms with Crippen LogP contribution in [0.4, 0.5) is 4.39 Å². The maximum Gasteiger partial charge on any atom is 0.230 e. The summed E-state index contributed by atoms with van der Waals surface area (Å²) in [7, 11) is 0. The fourth-order valence-corrected chi connectivity index (χ4v) is 1.79. The molecule has 0 spiro atoms. The van der Waals surface area contributed by atoms with Gasteiger partial charge in [0.1, 0.15) is 18.0 Å². The zero-order chi connectivity index (χ0) is 13.9. The van der Waals surface area contributed by atoms with Crippen LogP contribution in [0.2, 0.25) is 0 Å². The molecule has 0 fully saturated rings. The van der Waals surface area contributed by atoms with Gasteiger partial charge in [0.25, 0.3) is 0 Å². The van der Waals surface area contributed by atoms with Gasteiger partial charge in [0.15, 0.2) is 0 Å². The van der Waals surface area contributed by atoms with Crippen LogP contribution in [-0.2, 0) is 16.8 Å². The van der Waals surface area contributed by atoms with E-state index in [1.54, 1.807) is 32.0 Å². The van der Waals surface area contributed by atoms with Gasteiger partial charge in [-0.2, -0.15) is 5.10 Å². The molecule has 1 amide bonds. The SMILES string of the molecule is CC(C)(C(=O)NCc1ncn[nH]1)c1ccccc1F. The minimum atomic E-state index is -0.953. The molecule has 0 atom stereocenters. The average molecular weight is 262 g/mol. The van der Waals surface area contributed by atoms with E-state index in [0.29, 0.717) is 11.4 Å². The highest BCUT2D eigenvalue weighted by Gasteiger charge is 2.32. The van der Waals surface area contributed by atoms with E-state index in [0.717, 1.165) is 0 Å². The number of rotatable bonds is 4. The standard InChI is InChI=1S/C13H15FN4O/c1-13(2,9-5-3-4-6-10(9)14)12(19)15-7-11-16-8-17-18-11/h3-6,8H,7H2,1-2H3,(H,15,19)(H,16,17,18). The number of hydrogen-bond donors (Lipinski definition) is 2. The van der Waals surface area contributed by atoms with Gasteiger partial charge < -0.3 is 5.32 Å². The smallest absolute Gasteiger partial charge is 0.230 e. The van der Waals surface area contributed by atoms with Crippen LogP contribution >= 0.6 is 0 Å². The highest BCUT2D eigenvalue weighted by atomic mass is 19.1. The Morgan fingerprint density at radius 2 is 2.16 bits per heavy atom. The molecule has 100 valence electrons. The molecular formula is C13H15FN4O. The number of hydrogen-bond acceptors (Lipinski definition) is 3. The number of nitrogens with one attached hydrogen (secondary N) is 2. The average Bonchev–Trinajstić information content (AvgIpc) is 2.89. The Morgan fingerprint density at radius 3 is 2.79 bits per heavy atom. The van der Waals surface area contributed by atoms with Crippen molar-refractivity contribution in [3.05, 3.63) is 47.8 Å². The lowest BCUT2D eigenvalue weighted by molar-refractivity contribution is -0.125. The Kier molecular flexibility index (Phi) is 3.59. The van der Waals surface area contributed by atoms with Crippen molar-refractivity contribution in [2.45, 2.75) is 25.8 Å². The molecule has 0 saturated heterocycles. The number of aromatic nitrogens is 3. The van der Waals surface area contributed by atoms with Crippen molar-refractivity contribution in [1.29, 1.82) is 0 Å². The van der Waals surface area contributed by atoms with Gasteiger partial charge in [0.05, 0.1) is 12.0 Å². The van der Waals surface area contributed by atoms with Gasteiger partial charge in [0.2, 0.25) is 5.91 Å². The molecule has 0 aliphatic rings. The quantitative estimate of drug-likeness (QED) is 0.878. The highest BCUT2D eigenvalue weighted by molar-refractivity contribution is 5.87. The fraction of sp³-hybridized carbons (Fsp3) is 0.308. The molecule has 0 aliphatic carbocycles. The van der Waals surface area contributed by atoms with E-state index in [4.69, 9.17) is 0 Å². The van der Waals surface area contributed by atoms with E-state index in [1.165, 1.54) is 12.4 Å². The number of carbonyl (C=O) groups excluding carboxylic acids is 1. The lowest BCUT2D eigenvalue weighted by atomic mass is 9.83. The molecule has 0 unspecified atom stereocenters. The maximum absolute atomic E-state index is 13.8. The van der Waals surface area contributed by atoms with Gasteiger partial charge in [-0.3, -0.25) is 9.89 Å². The van der Waals surface area contributed by atoms with Crippen molar-refractivity contribution in [3.8, 4) is 0 Å². The first-order valence-electron chi connectivity index (χ1n) is 5.89. The maximum atomic E-state index is 13.8. The van der Waals surface area contributed by atoms with E-state index in [9.17, 15) is 9.18 Å². The predicted octanol–water partition coefficient (Wildman–Crippen LogP) is 1.54. The van der Waals surface area contributed by atoms with Gasteiger partial charge >= 0.3 is 0 Å². The molecule has 0 aliphatic heterocycles. The van der Waals surface area contributed by atoms with Gasteiger partial charge in [-0.05, 0) is 19.9 Å². The van der Waals surface area contributed by atoms with Crippen molar-refractivity contribution in [1.82, 2.24) is 20.5 Å². The molecule has 0 bridgehead atoms. The number of H-pyrrole nitrogens is 1. The van der Waals surface area contributed by atoms with Crippen LogP contribution in [0, 0.1) is 5.82 Å². The lowest BCUT2D eigenvalue weighted by Crippen LogP contribution is -2.40. The van der Waals surface area contributed by atoms with E-state index in [1.807, 2.05) is 0 Å². The minimum absolute atomic E-state index is 0.233. The third-order valence-corrected chi connectivity index (χ3v) is 3.00. The number of nitrogens with zero attached hydrogens (tertiary/aromatic N) is 2. The monoisotopic (exact) mass is 262 g/mol. The van der Waals surface area contributed by atoms with Crippen molar-refractivity contribution >= 4 is 5.91 Å². The Morgan fingerprint density at radius 1 is 1.42 bits per heavy atom. The number of benzene rings is 1. The summed E-state index contributed by atoms with van der Waals surface area (Å²) in [5.41, 5.74) is -0.587. The molecule has 5 nitrogen and oxygen atoms in total. The highest BCUT2D eigenvalue weighted by Crippen LogP contribution is 2.25. The Labute approximate surface area is 110 Å². The van der Waals surface area contributed by atoms with Crippen LogP contribution in [0.25, 0.3) is 0 Å². The number of halogens is 1.